The van der Waals surface area contributed by atoms with Crippen LogP contribution in [-0.4, -0.2) is 79.3 Å². The van der Waals surface area contributed by atoms with Crippen molar-refractivity contribution in [2.75, 3.05) is 20.6 Å². The number of nitrogens with zero attached hydrogens (tertiary/aromatic N) is 9. The van der Waals surface area contributed by atoms with Crippen molar-refractivity contribution in [3.8, 4) is 0 Å². The zero-order valence-corrected chi connectivity index (χ0v) is 31.2. The second-order valence-electron chi connectivity index (χ2n) is 14.5. The first kappa shape index (κ1) is 31.3. The lowest BCUT2D eigenvalue weighted by Gasteiger charge is -2.36. The van der Waals surface area contributed by atoms with Crippen molar-refractivity contribution >= 4 is 73.7 Å². The van der Waals surface area contributed by atoms with Crippen molar-refractivity contribution in [1.29, 1.82) is 0 Å². The van der Waals surface area contributed by atoms with Crippen molar-refractivity contribution in [2.45, 2.75) is 25.6 Å². The number of hydrogen-bond donors (Lipinski definition) is 1. The number of benzene rings is 4. The van der Waals surface area contributed by atoms with E-state index in [1.807, 2.05) is 106 Å². The standard InChI is InChI=1S/C39H35N9O2Si2/c1-46(2)22-13-23-51(3,4)50-52(49)47-36-28-18-9-10-19-29(28)38(47)44-34-26-16-7-8-17-27(26)35(41-34)45-39-31-21-12-11-20-30(31)37(48(39)52)43-33-25-15-6-5-14-24(25)32(40-33)42-36/h5-12,14-21,49H,13,22-23H2,1-4H3. The van der Waals surface area contributed by atoms with Crippen molar-refractivity contribution in [3.05, 3.63) is 130 Å². The van der Waals surface area contributed by atoms with E-state index in [-0.39, 0.29) is 0 Å². The maximum atomic E-state index is 14.1. The third-order valence-corrected chi connectivity index (χ3v) is 17.0. The Morgan fingerprint density at radius 3 is 1.42 bits per heavy atom. The van der Waals surface area contributed by atoms with Crippen LogP contribution in [0.1, 0.15) is 28.7 Å². The molecule has 1 N–H and O–H groups in total. The van der Waals surface area contributed by atoms with Gasteiger partial charge in [-0.3, -0.25) is 8.47 Å². The first-order valence-corrected chi connectivity index (χ1v) is 22.4. The SMILES string of the molecule is CN(C)CCC[Si](C)(C)O[Si]1(O)n2c3c4ccccc4c2N=C2N=C(N=c4c5ccccc5c(n41)=NC1=NC(=N3)c3ccccc31)c1ccccc12. The molecule has 10 rings (SSSR count). The van der Waals surface area contributed by atoms with E-state index >= 15 is 0 Å². The van der Waals surface area contributed by atoms with Gasteiger partial charge in [0.25, 0.3) is 0 Å². The average Bonchev–Trinajstić information content (AvgIpc) is 3.84. The van der Waals surface area contributed by atoms with E-state index in [4.69, 9.17) is 34.1 Å². The number of rotatable bonds is 6. The molecule has 0 saturated heterocycles. The van der Waals surface area contributed by atoms with Crippen molar-refractivity contribution in [2.24, 2.45) is 30.0 Å². The summed E-state index contributed by atoms with van der Waals surface area (Å²) >= 11 is 0. The van der Waals surface area contributed by atoms with Crippen LogP contribution >= 0.6 is 0 Å². The third-order valence-electron chi connectivity index (χ3n) is 10.1. The topological polar surface area (TPSA) is 117 Å². The van der Waals surface area contributed by atoms with Gasteiger partial charge in [-0.25, -0.2) is 30.0 Å². The Morgan fingerprint density at radius 1 is 0.577 bits per heavy atom. The van der Waals surface area contributed by atoms with Gasteiger partial charge in [-0.05, 0) is 46.2 Å². The largest absolute Gasteiger partial charge is 0.589 e. The molecule has 6 bridgehead atoms. The lowest BCUT2D eigenvalue weighted by atomic mass is 10.1. The van der Waals surface area contributed by atoms with Gasteiger partial charge in [0.05, 0.1) is 0 Å². The van der Waals surface area contributed by atoms with Gasteiger partial charge in [0.1, 0.15) is 22.6 Å². The van der Waals surface area contributed by atoms with Gasteiger partial charge >= 0.3 is 8.88 Å². The number of hydrogen-bond acceptors (Lipinski definition) is 9. The van der Waals surface area contributed by atoms with Gasteiger partial charge in [0.2, 0.25) is 0 Å². The molecule has 11 nitrogen and oxygen atoms in total. The van der Waals surface area contributed by atoms with Crippen LogP contribution in [0.3, 0.4) is 0 Å². The quantitative estimate of drug-likeness (QED) is 0.228. The first-order chi connectivity index (χ1) is 25.2. The molecule has 1 unspecified atom stereocenters. The van der Waals surface area contributed by atoms with E-state index in [9.17, 15) is 4.80 Å². The number of aromatic nitrogens is 2. The van der Waals surface area contributed by atoms with Crippen LogP contribution in [0.2, 0.25) is 19.1 Å². The molecular weight excluding hydrogens is 683 g/mol. The van der Waals surface area contributed by atoms with E-state index in [1.165, 1.54) is 0 Å². The van der Waals surface area contributed by atoms with Gasteiger partial charge in [-0.2, -0.15) is 0 Å². The Labute approximate surface area is 301 Å². The predicted octanol–water partition coefficient (Wildman–Crippen LogP) is 5.54. The van der Waals surface area contributed by atoms with Crippen molar-refractivity contribution in [1.82, 2.24) is 13.4 Å². The van der Waals surface area contributed by atoms with Gasteiger partial charge in [-0.15, -0.1) is 0 Å². The molecule has 0 spiro atoms. The summed E-state index contributed by atoms with van der Waals surface area (Å²) in [5.41, 5.74) is 4.51. The van der Waals surface area contributed by atoms with Crippen LogP contribution < -0.4 is 11.0 Å². The highest BCUT2D eigenvalue weighted by atomic mass is 28.5. The Bertz CT molecular complexity index is 2630. The van der Waals surface area contributed by atoms with Crippen LogP contribution in [0, 0.1) is 0 Å². The minimum atomic E-state index is -4.51. The second kappa shape index (κ2) is 11.3. The van der Waals surface area contributed by atoms with Gasteiger partial charge in [0, 0.05) is 43.8 Å². The van der Waals surface area contributed by atoms with Crippen molar-refractivity contribution in [3.63, 3.8) is 0 Å². The normalized spacial score (nSPS) is 18.3. The molecule has 0 radical (unpaired) electrons. The lowest BCUT2D eigenvalue weighted by Crippen LogP contribution is -2.65. The zero-order valence-electron chi connectivity index (χ0n) is 29.2. The molecular formula is C39H35N9O2Si2. The fourth-order valence-corrected chi connectivity index (χ4v) is 14.9. The third kappa shape index (κ3) is 4.60. The lowest BCUT2D eigenvalue weighted by molar-refractivity contribution is 0.326. The number of amidine groups is 4. The van der Waals surface area contributed by atoms with Gasteiger partial charge in [0.15, 0.2) is 31.7 Å². The molecule has 13 heteroatoms. The van der Waals surface area contributed by atoms with Crippen LogP contribution in [0.15, 0.2) is 127 Å². The molecule has 52 heavy (non-hydrogen) atoms. The average molecular weight is 718 g/mol. The molecule has 2 aromatic heterocycles. The van der Waals surface area contributed by atoms with Crippen molar-refractivity contribution < 1.29 is 8.91 Å². The van der Waals surface area contributed by atoms with Gasteiger partial charge < -0.3 is 13.8 Å². The van der Waals surface area contributed by atoms with Crippen LogP contribution in [0.5, 0.6) is 0 Å². The fraction of sp³-hybridized carbons (Fsp3) is 0.179. The summed E-state index contributed by atoms with van der Waals surface area (Å²) in [5, 5.41) is 3.28. The summed E-state index contributed by atoms with van der Waals surface area (Å²) < 4.78 is 11.2. The predicted molar refractivity (Wildman–Crippen MR) is 210 cm³/mol. The number of fused-ring (bicyclic) bond motifs is 14. The first-order valence-electron chi connectivity index (χ1n) is 17.5. The summed E-state index contributed by atoms with van der Waals surface area (Å²) in [7, 11) is -3.00. The Balaban J connectivity index is 1.44. The van der Waals surface area contributed by atoms with Crippen LogP contribution in [0.25, 0.3) is 21.5 Å². The summed E-state index contributed by atoms with van der Waals surface area (Å²) in [6.07, 6.45) is 0.926. The summed E-state index contributed by atoms with van der Waals surface area (Å²) in [5.74, 6) is 3.11. The van der Waals surface area contributed by atoms with E-state index in [0.29, 0.717) is 46.0 Å². The maximum absolute atomic E-state index is 14.1. The second-order valence-corrected chi connectivity index (χ2v) is 21.3. The van der Waals surface area contributed by atoms with E-state index < -0.39 is 17.2 Å². The van der Waals surface area contributed by atoms with E-state index in [1.54, 1.807) is 0 Å². The Morgan fingerprint density at radius 2 is 0.981 bits per heavy atom. The summed E-state index contributed by atoms with van der Waals surface area (Å²) in [6.45, 7) is 5.28. The molecule has 1 atom stereocenters. The molecule has 256 valence electrons. The summed E-state index contributed by atoms with van der Waals surface area (Å²) in [4.78, 5) is 47.8. The minimum Gasteiger partial charge on any atom is -0.404 e. The molecule has 0 amide bonds. The Hall–Kier alpha value is -5.45. The molecule has 0 saturated carbocycles. The van der Waals surface area contributed by atoms with E-state index in [2.05, 4.69) is 32.1 Å². The van der Waals surface area contributed by atoms with Crippen LogP contribution in [-0.2, 0) is 4.12 Å². The highest BCUT2D eigenvalue weighted by molar-refractivity contribution is 6.82. The molecule has 0 aliphatic carbocycles. The Kier molecular flexibility index (Phi) is 6.79. The molecule has 6 heterocycles. The fourth-order valence-electron chi connectivity index (χ4n) is 7.79. The minimum absolute atomic E-state index is 0.518. The smallest absolute Gasteiger partial charge is 0.404 e. The monoisotopic (exact) mass is 717 g/mol. The van der Waals surface area contributed by atoms with Crippen LogP contribution in [0.4, 0.5) is 11.6 Å². The molecule has 0 fully saturated rings. The molecule has 6 aromatic rings. The highest BCUT2D eigenvalue weighted by Gasteiger charge is 2.52. The summed E-state index contributed by atoms with van der Waals surface area (Å²) in [6, 6.07) is 32.9. The van der Waals surface area contributed by atoms with Gasteiger partial charge in [-0.1, -0.05) is 97.1 Å². The maximum Gasteiger partial charge on any atom is 0.589 e. The molecule has 4 aliphatic rings. The van der Waals surface area contributed by atoms with E-state index in [0.717, 1.165) is 62.8 Å². The zero-order chi connectivity index (χ0) is 35.4. The highest BCUT2D eigenvalue weighted by Crippen LogP contribution is 2.43. The molecule has 4 aliphatic heterocycles. The number of aliphatic imine (C=N–C) groups is 4. The molecule has 4 aromatic carbocycles.